The van der Waals surface area contributed by atoms with Gasteiger partial charge in [0.2, 0.25) is 5.91 Å². The molecule has 5 nitrogen and oxygen atoms in total. The molecule has 0 saturated heterocycles. The Balaban J connectivity index is 3.30. The summed E-state index contributed by atoms with van der Waals surface area (Å²) in [5.74, 6) is 0.299. The van der Waals surface area contributed by atoms with Gasteiger partial charge in [0.15, 0.2) is 0 Å². The van der Waals surface area contributed by atoms with Crippen LogP contribution in [0.5, 0.6) is 0 Å². The summed E-state index contributed by atoms with van der Waals surface area (Å²) in [6.07, 6.45) is 6.26. The Morgan fingerprint density at radius 2 is 2.00 bits per heavy atom. The molecule has 5 heteroatoms. The van der Waals surface area contributed by atoms with Crippen molar-refractivity contribution in [3.8, 4) is 0 Å². The van der Waals surface area contributed by atoms with Crippen LogP contribution in [0, 0.1) is 0 Å². The van der Waals surface area contributed by atoms with Gasteiger partial charge in [-0.25, -0.2) is 0 Å². The van der Waals surface area contributed by atoms with Crippen molar-refractivity contribution in [1.29, 1.82) is 0 Å². The standard InChI is InChI=1S/C11H23N3O2/c1-2-3-4-5-8-11(15)13-9-6-7-10(12)14-16/h16H,2-9H2,1H3,(H2,12,14)(H,13,15). The van der Waals surface area contributed by atoms with Gasteiger partial charge in [0, 0.05) is 19.4 Å². The minimum absolute atomic E-state index is 0.0932. The molecule has 0 saturated carbocycles. The Bertz CT molecular complexity index is 217. The smallest absolute Gasteiger partial charge is 0.219 e. The second-order valence-corrected chi connectivity index (χ2v) is 3.86. The fourth-order valence-electron chi connectivity index (χ4n) is 1.35. The van der Waals surface area contributed by atoms with Crippen molar-refractivity contribution in [2.24, 2.45) is 10.9 Å². The number of carbonyl (C=O) groups is 1. The van der Waals surface area contributed by atoms with Crippen molar-refractivity contribution in [2.45, 2.75) is 51.9 Å². The van der Waals surface area contributed by atoms with Crippen molar-refractivity contribution >= 4 is 11.7 Å². The van der Waals surface area contributed by atoms with Crippen LogP contribution in [0.25, 0.3) is 0 Å². The lowest BCUT2D eigenvalue weighted by Crippen LogP contribution is -2.25. The van der Waals surface area contributed by atoms with E-state index < -0.39 is 0 Å². The zero-order chi connectivity index (χ0) is 12.2. The molecule has 0 aliphatic carbocycles. The molecular weight excluding hydrogens is 206 g/mol. The summed E-state index contributed by atoms with van der Waals surface area (Å²) < 4.78 is 0. The summed E-state index contributed by atoms with van der Waals surface area (Å²) in [6.45, 7) is 2.73. The summed E-state index contributed by atoms with van der Waals surface area (Å²) in [5, 5.41) is 14.0. The number of unbranched alkanes of at least 4 members (excludes halogenated alkanes) is 3. The molecular formula is C11H23N3O2. The number of oxime groups is 1. The molecule has 0 radical (unpaired) electrons. The zero-order valence-electron chi connectivity index (χ0n) is 10.0. The number of carbonyl (C=O) groups excluding carboxylic acids is 1. The number of nitrogens with two attached hydrogens (primary N) is 1. The molecule has 0 aliphatic heterocycles. The Hall–Kier alpha value is -1.26. The Morgan fingerprint density at radius 1 is 1.25 bits per heavy atom. The van der Waals surface area contributed by atoms with E-state index in [1.54, 1.807) is 0 Å². The van der Waals surface area contributed by atoms with Gasteiger partial charge in [0.25, 0.3) is 0 Å². The summed E-state index contributed by atoms with van der Waals surface area (Å²) in [5.41, 5.74) is 5.29. The van der Waals surface area contributed by atoms with E-state index in [1.807, 2.05) is 0 Å². The van der Waals surface area contributed by atoms with Gasteiger partial charge in [0.05, 0.1) is 0 Å². The third-order valence-corrected chi connectivity index (χ3v) is 2.32. The lowest BCUT2D eigenvalue weighted by atomic mass is 10.1. The molecule has 1 amide bonds. The molecule has 0 aromatic carbocycles. The number of nitrogens with one attached hydrogen (secondary N) is 1. The van der Waals surface area contributed by atoms with E-state index in [1.165, 1.54) is 12.8 Å². The number of amidine groups is 1. The molecule has 0 aromatic heterocycles. The van der Waals surface area contributed by atoms with Crippen molar-refractivity contribution in [3.63, 3.8) is 0 Å². The number of rotatable bonds is 9. The minimum Gasteiger partial charge on any atom is -0.409 e. The number of amides is 1. The van der Waals surface area contributed by atoms with E-state index in [4.69, 9.17) is 10.9 Å². The number of nitrogens with zero attached hydrogens (tertiary/aromatic N) is 1. The van der Waals surface area contributed by atoms with Crippen molar-refractivity contribution in [1.82, 2.24) is 5.32 Å². The maximum atomic E-state index is 11.3. The number of hydrogen-bond donors (Lipinski definition) is 3. The molecule has 4 N–H and O–H groups in total. The monoisotopic (exact) mass is 229 g/mol. The van der Waals surface area contributed by atoms with Crippen LogP contribution in [-0.2, 0) is 4.79 Å². The highest BCUT2D eigenvalue weighted by atomic mass is 16.4. The maximum Gasteiger partial charge on any atom is 0.219 e. The fourth-order valence-corrected chi connectivity index (χ4v) is 1.35. The first-order valence-corrected chi connectivity index (χ1v) is 5.93. The van der Waals surface area contributed by atoms with Gasteiger partial charge in [-0.05, 0) is 12.8 Å². The summed E-state index contributed by atoms with van der Waals surface area (Å²) in [7, 11) is 0. The average Bonchev–Trinajstić information content (AvgIpc) is 2.30. The summed E-state index contributed by atoms with van der Waals surface area (Å²) >= 11 is 0. The Labute approximate surface area is 97.1 Å². The van der Waals surface area contributed by atoms with E-state index in [9.17, 15) is 4.79 Å². The molecule has 0 aliphatic rings. The van der Waals surface area contributed by atoms with E-state index in [0.29, 0.717) is 25.8 Å². The third kappa shape index (κ3) is 9.30. The van der Waals surface area contributed by atoms with Crippen LogP contribution in [-0.4, -0.2) is 23.5 Å². The van der Waals surface area contributed by atoms with Crippen LogP contribution < -0.4 is 11.1 Å². The molecule has 0 aromatic rings. The van der Waals surface area contributed by atoms with Crippen LogP contribution >= 0.6 is 0 Å². The van der Waals surface area contributed by atoms with E-state index in [2.05, 4.69) is 17.4 Å². The van der Waals surface area contributed by atoms with Crippen molar-refractivity contribution < 1.29 is 10.0 Å². The third-order valence-electron chi connectivity index (χ3n) is 2.32. The minimum atomic E-state index is 0.0932. The van der Waals surface area contributed by atoms with Gasteiger partial charge in [-0.3, -0.25) is 4.79 Å². The maximum absolute atomic E-state index is 11.3. The quantitative estimate of drug-likeness (QED) is 0.184. The topological polar surface area (TPSA) is 87.7 Å². The predicted molar refractivity (Wildman–Crippen MR) is 64.4 cm³/mol. The Morgan fingerprint density at radius 3 is 2.62 bits per heavy atom. The van der Waals surface area contributed by atoms with Crippen molar-refractivity contribution in [3.05, 3.63) is 0 Å². The molecule has 0 atom stereocenters. The SMILES string of the molecule is CCCCCCC(=O)NCCCC(N)=NO. The predicted octanol–water partition coefficient (Wildman–Crippen LogP) is 1.60. The Kier molecular flexibility index (Phi) is 9.46. The molecule has 0 fully saturated rings. The molecule has 0 rings (SSSR count). The molecule has 0 unspecified atom stereocenters. The van der Waals surface area contributed by atoms with Gasteiger partial charge in [-0.2, -0.15) is 0 Å². The first kappa shape index (κ1) is 14.7. The molecule has 0 spiro atoms. The van der Waals surface area contributed by atoms with Gasteiger partial charge < -0.3 is 16.3 Å². The lowest BCUT2D eigenvalue weighted by molar-refractivity contribution is -0.121. The van der Waals surface area contributed by atoms with E-state index >= 15 is 0 Å². The fraction of sp³-hybridized carbons (Fsp3) is 0.818. The van der Waals surface area contributed by atoms with Crippen LogP contribution in [0.4, 0.5) is 0 Å². The highest BCUT2D eigenvalue weighted by Crippen LogP contribution is 2.01. The normalized spacial score (nSPS) is 11.4. The summed E-state index contributed by atoms with van der Waals surface area (Å²) in [4.78, 5) is 11.3. The summed E-state index contributed by atoms with van der Waals surface area (Å²) in [6, 6.07) is 0. The molecule has 94 valence electrons. The van der Waals surface area contributed by atoms with Crippen LogP contribution in [0.2, 0.25) is 0 Å². The largest absolute Gasteiger partial charge is 0.409 e. The first-order chi connectivity index (χ1) is 7.70. The number of hydrogen-bond acceptors (Lipinski definition) is 3. The molecule has 0 bridgehead atoms. The molecule has 0 heterocycles. The zero-order valence-corrected chi connectivity index (χ0v) is 10.0. The van der Waals surface area contributed by atoms with Crippen LogP contribution in [0.3, 0.4) is 0 Å². The van der Waals surface area contributed by atoms with Crippen LogP contribution in [0.1, 0.15) is 51.9 Å². The van der Waals surface area contributed by atoms with Crippen molar-refractivity contribution in [2.75, 3.05) is 6.54 Å². The average molecular weight is 229 g/mol. The van der Waals surface area contributed by atoms with Gasteiger partial charge >= 0.3 is 0 Å². The lowest BCUT2D eigenvalue weighted by Gasteiger charge is -2.04. The highest BCUT2D eigenvalue weighted by Gasteiger charge is 2.00. The van der Waals surface area contributed by atoms with E-state index in [-0.39, 0.29) is 11.7 Å². The van der Waals surface area contributed by atoms with Gasteiger partial charge in [-0.1, -0.05) is 31.3 Å². The second-order valence-electron chi connectivity index (χ2n) is 3.86. The van der Waals surface area contributed by atoms with Crippen LogP contribution in [0.15, 0.2) is 5.16 Å². The molecule has 16 heavy (non-hydrogen) atoms. The van der Waals surface area contributed by atoms with E-state index in [0.717, 1.165) is 12.8 Å². The highest BCUT2D eigenvalue weighted by molar-refractivity contribution is 5.79. The van der Waals surface area contributed by atoms with Gasteiger partial charge in [-0.15, -0.1) is 0 Å². The van der Waals surface area contributed by atoms with Gasteiger partial charge in [0.1, 0.15) is 5.84 Å². The second kappa shape index (κ2) is 10.3. The first-order valence-electron chi connectivity index (χ1n) is 5.93.